The van der Waals surface area contributed by atoms with Crippen LogP contribution in [0.4, 0.5) is 0 Å². The minimum absolute atomic E-state index is 0.0347. The Kier molecular flexibility index (Phi) is 3.54. The van der Waals surface area contributed by atoms with E-state index in [1.165, 1.54) is 12.1 Å². The average molecular weight is 284 g/mol. The van der Waals surface area contributed by atoms with E-state index < -0.39 is 10.1 Å². The van der Waals surface area contributed by atoms with Crippen molar-refractivity contribution in [3.8, 4) is 5.75 Å². The summed E-state index contributed by atoms with van der Waals surface area (Å²) in [6.45, 7) is 1.90. The summed E-state index contributed by atoms with van der Waals surface area (Å²) in [6.07, 6.45) is 1.16. The summed E-state index contributed by atoms with van der Waals surface area (Å²) in [4.78, 5) is 3.67. The summed E-state index contributed by atoms with van der Waals surface area (Å²) in [6, 6.07) is 9.47. The second kappa shape index (κ2) is 4.96. The number of benzene rings is 1. The zero-order valence-electron chi connectivity index (χ0n) is 9.50. The van der Waals surface area contributed by atoms with Gasteiger partial charge in [0.2, 0.25) is 0 Å². The summed E-state index contributed by atoms with van der Waals surface area (Å²) >= 11 is 5.59. The van der Waals surface area contributed by atoms with E-state index in [9.17, 15) is 8.42 Å². The maximum absolute atomic E-state index is 11.9. The van der Waals surface area contributed by atoms with Crippen molar-refractivity contribution >= 4 is 21.7 Å². The smallest absolute Gasteiger partial charge is 0.340 e. The van der Waals surface area contributed by atoms with Crippen LogP contribution in [0.25, 0.3) is 0 Å². The first kappa shape index (κ1) is 12.9. The molecule has 0 unspecified atom stereocenters. The van der Waals surface area contributed by atoms with Gasteiger partial charge in [-0.1, -0.05) is 29.3 Å². The van der Waals surface area contributed by atoms with Crippen molar-refractivity contribution in [1.82, 2.24) is 4.98 Å². The molecule has 0 N–H and O–H groups in total. The Hall–Kier alpha value is -1.59. The van der Waals surface area contributed by atoms with Gasteiger partial charge in [0.05, 0.1) is 6.20 Å². The van der Waals surface area contributed by atoms with Crippen LogP contribution in [0.5, 0.6) is 5.75 Å². The predicted octanol–water partition coefficient (Wildman–Crippen LogP) is 2.81. The summed E-state index contributed by atoms with van der Waals surface area (Å²) in [5.41, 5.74) is 1.02. The van der Waals surface area contributed by atoms with Crippen molar-refractivity contribution in [2.75, 3.05) is 0 Å². The first-order valence-corrected chi connectivity index (χ1v) is 6.89. The lowest BCUT2D eigenvalue weighted by Gasteiger charge is -2.06. The minimum Gasteiger partial charge on any atom is -0.379 e. The van der Waals surface area contributed by atoms with Gasteiger partial charge in [-0.15, -0.1) is 0 Å². The number of aromatic nitrogens is 1. The largest absolute Gasteiger partial charge is 0.379 e. The molecule has 0 aliphatic carbocycles. The van der Waals surface area contributed by atoms with Gasteiger partial charge in [0, 0.05) is 0 Å². The quantitative estimate of drug-likeness (QED) is 0.642. The first-order valence-electron chi connectivity index (χ1n) is 5.10. The van der Waals surface area contributed by atoms with E-state index in [0.29, 0.717) is 0 Å². The molecule has 0 bridgehead atoms. The molecule has 0 fully saturated rings. The molecular formula is C12H10ClNO3S. The molecule has 4 nitrogen and oxygen atoms in total. The van der Waals surface area contributed by atoms with Crippen LogP contribution in [0.2, 0.25) is 5.15 Å². The molecule has 2 aromatic rings. The van der Waals surface area contributed by atoms with E-state index in [0.717, 1.165) is 11.8 Å². The second-order valence-electron chi connectivity index (χ2n) is 3.67. The van der Waals surface area contributed by atoms with Crippen molar-refractivity contribution in [1.29, 1.82) is 0 Å². The van der Waals surface area contributed by atoms with Crippen LogP contribution in [0.3, 0.4) is 0 Å². The molecule has 1 aromatic heterocycles. The van der Waals surface area contributed by atoms with Gasteiger partial charge in [0.1, 0.15) is 15.8 Å². The van der Waals surface area contributed by atoms with Crippen molar-refractivity contribution in [2.45, 2.75) is 11.8 Å². The van der Waals surface area contributed by atoms with Crippen LogP contribution >= 0.6 is 11.6 Å². The number of hydrogen-bond acceptors (Lipinski definition) is 4. The maximum atomic E-state index is 11.9. The summed E-state index contributed by atoms with van der Waals surface area (Å²) in [5, 5.41) is 0.226. The molecule has 1 aromatic carbocycles. The SMILES string of the molecule is Cc1ccc(OS(=O)(=O)c2ccc(Cl)nc2)cc1. The molecule has 0 aliphatic rings. The highest BCUT2D eigenvalue weighted by Crippen LogP contribution is 2.19. The number of nitrogens with zero attached hydrogens (tertiary/aromatic N) is 1. The van der Waals surface area contributed by atoms with Gasteiger partial charge >= 0.3 is 10.1 Å². The Labute approximate surface area is 110 Å². The Morgan fingerprint density at radius 2 is 1.78 bits per heavy atom. The van der Waals surface area contributed by atoms with Crippen molar-refractivity contribution in [2.24, 2.45) is 0 Å². The number of aryl methyl sites for hydroxylation is 1. The lowest BCUT2D eigenvalue weighted by atomic mass is 10.2. The Bertz CT molecular complexity index is 636. The predicted molar refractivity (Wildman–Crippen MR) is 68.2 cm³/mol. The van der Waals surface area contributed by atoms with Gasteiger partial charge in [-0.2, -0.15) is 8.42 Å². The highest BCUT2D eigenvalue weighted by Gasteiger charge is 2.16. The van der Waals surface area contributed by atoms with Crippen LogP contribution < -0.4 is 4.18 Å². The van der Waals surface area contributed by atoms with Crippen LogP contribution in [0.15, 0.2) is 47.5 Å². The lowest BCUT2D eigenvalue weighted by molar-refractivity contribution is 0.485. The Morgan fingerprint density at radius 3 is 2.33 bits per heavy atom. The molecule has 0 aliphatic heterocycles. The van der Waals surface area contributed by atoms with Gasteiger partial charge in [-0.25, -0.2) is 4.98 Å². The van der Waals surface area contributed by atoms with Gasteiger partial charge in [-0.05, 0) is 31.2 Å². The monoisotopic (exact) mass is 283 g/mol. The number of halogens is 1. The fourth-order valence-electron chi connectivity index (χ4n) is 1.28. The molecule has 0 amide bonds. The van der Waals surface area contributed by atoms with E-state index in [2.05, 4.69) is 4.98 Å². The summed E-state index contributed by atoms with van der Waals surface area (Å²) in [5.74, 6) is 0.260. The standard InChI is InChI=1S/C12H10ClNO3S/c1-9-2-4-10(5-3-9)17-18(15,16)11-6-7-12(13)14-8-11/h2-8H,1H3. The third kappa shape index (κ3) is 3.00. The summed E-state index contributed by atoms with van der Waals surface area (Å²) < 4.78 is 28.8. The molecular weight excluding hydrogens is 274 g/mol. The molecule has 94 valence electrons. The van der Waals surface area contributed by atoms with Crippen LogP contribution in [-0.4, -0.2) is 13.4 Å². The van der Waals surface area contributed by atoms with Gasteiger partial charge < -0.3 is 4.18 Å². The fraction of sp³-hybridized carbons (Fsp3) is 0.0833. The van der Waals surface area contributed by atoms with Crippen LogP contribution in [-0.2, 0) is 10.1 Å². The fourth-order valence-corrected chi connectivity index (χ4v) is 2.27. The summed E-state index contributed by atoms with van der Waals surface area (Å²) in [7, 11) is -3.86. The molecule has 2 rings (SSSR count). The first-order chi connectivity index (χ1) is 8.47. The molecule has 0 radical (unpaired) electrons. The van der Waals surface area contributed by atoms with Crippen LogP contribution in [0, 0.1) is 6.92 Å². The van der Waals surface area contributed by atoms with Gasteiger partial charge in [-0.3, -0.25) is 0 Å². The molecule has 6 heteroatoms. The topological polar surface area (TPSA) is 56.3 Å². The Morgan fingerprint density at radius 1 is 1.11 bits per heavy atom. The van der Waals surface area contributed by atoms with E-state index in [1.807, 2.05) is 6.92 Å². The molecule has 0 saturated heterocycles. The van der Waals surface area contributed by atoms with Crippen molar-refractivity contribution in [3.05, 3.63) is 53.3 Å². The lowest BCUT2D eigenvalue weighted by Crippen LogP contribution is -2.09. The highest BCUT2D eigenvalue weighted by atomic mass is 35.5. The normalized spacial score (nSPS) is 11.2. The van der Waals surface area contributed by atoms with E-state index in [1.54, 1.807) is 24.3 Å². The zero-order valence-corrected chi connectivity index (χ0v) is 11.1. The van der Waals surface area contributed by atoms with Crippen LogP contribution in [0.1, 0.15) is 5.56 Å². The minimum atomic E-state index is -3.86. The van der Waals surface area contributed by atoms with Crippen molar-refractivity contribution < 1.29 is 12.6 Å². The third-order valence-corrected chi connectivity index (χ3v) is 3.67. The second-order valence-corrected chi connectivity index (χ2v) is 5.60. The zero-order chi connectivity index (χ0) is 13.2. The third-order valence-electron chi connectivity index (χ3n) is 2.22. The van der Waals surface area contributed by atoms with Crippen molar-refractivity contribution in [3.63, 3.8) is 0 Å². The molecule has 0 spiro atoms. The average Bonchev–Trinajstić information content (AvgIpc) is 2.32. The molecule has 1 heterocycles. The number of hydrogen-bond donors (Lipinski definition) is 0. The highest BCUT2D eigenvalue weighted by molar-refractivity contribution is 7.87. The molecule has 18 heavy (non-hydrogen) atoms. The van der Waals surface area contributed by atoms with Gasteiger partial charge in [0.15, 0.2) is 0 Å². The van der Waals surface area contributed by atoms with E-state index >= 15 is 0 Å². The van der Waals surface area contributed by atoms with E-state index in [-0.39, 0.29) is 15.8 Å². The van der Waals surface area contributed by atoms with Gasteiger partial charge in [0.25, 0.3) is 0 Å². The molecule has 0 atom stereocenters. The number of pyridine rings is 1. The molecule has 0 saturated carbocycles. The number of rotatable bonds is 3. The maximum Gasteiger partial charge on any atom is 0.340 e. The Balaban J connectivity index is 2.27. The van der Waals surface area contributed by atoms with E-state index in [4.69, 9.17) is 15.8 Å².